The van der Waals surface area contributed by atoms with Crippen molar-refractivity contribution in [1.82, 2.24) is 4.72 Å². The highest BCUT2D eigenvalue weighted by molar-refractivity contribution is 7.89. The first kappa shape index (κ1) is 17.6. The van der Waals surface area contributed by atoms with Crippen molar-refractivity contribution in [3.8, 4) is 6.07 Å². The summed E-state index contributed by atoms with van der Waals surface area (Å²) in [5, 5.41) is 8.78. The van der Waals surface area contributed by atoms with Crippen LogP contribution in [0.5, 0.6) is 0 Å². The van der Waals surface area contributed by atoms with E-state index in [1.807, 2.05) is 13.8 Å². The third kappa shape index (κ3) is 4.49. The zero-order chi connectivity index (χ0) is 16.3. The van der Waals surface area contributed by atoms with E-state index in [2.05, 4.69) is 4.72 Å². The number of nitrogens with two attached hydrogens (primary N) is 1. The van der Waals surface area contributed by atoms with E-state index in [1.54, 1.807) is 13.0 Å². The lowest BCUT2D eigenvalue weighted by molar-refractivity contribution is 0.344. The Hall–Kier alpha value is -1.49. The van der Waals surface area contributed by atoms with Crippen molar-refractivity contribution < 1.29 is 12.8 Å². The minimum atomic E-state index is -3.87. The van der Waals surface area contributed by atoms with Gasteiger partial charge in [-0.2, -0.15) is 5.26 Å². The Kier molecular flexibility index (Phi) is 5.45. The van der Waals surface area contributed by atoms with Crippen LogP contribution in [-0.2, 0) is 10.0 Å². The molecule has 1 rings (SSSR count). The number of hydrogen-bond donors (Lipinski definition) is 2. The van der Waals surface area contributed by atoms with Gasteiger partial charge in [0.05, 0.1) is 10.5 Å². The number of sulfonamides is 1. The number of benzene rings is 1. The lowest BCUT2D eigenvalue weighted by Gasteiger charge is -2.30. The first-order chi connectivity index (χ1) is 9.63. The molecule has 0 aliphatic heterocycles. The minimum absolute atomic E-state index is 0.136. The molecular weight excluding hydrogens is 293 g/mol. The Morgan fingerprint density at radius 3 is 2.57 bits per heavy atom. The largest absolute Gasteiger partial charge is 0.329 e. The molecule has 0 spiro atoms. The molecule has 1 atom stereocenters. The van der Waals surface area contributed by atoms with Gasteiger partial charge >= 0.3 is 0 Å². The van der Waals surface area contributed by atoms with Crippen LogP contribution < -0.4 is 10.5 Å². The molecule has 7 heteroatoms. The first-order valence-corrected chi connectivity index (χ1v) is 8.05. The van der Waals surface area contributed by atoms with E-state index in [0.717, 1.165) is 18.2 Å². The van der Waals surface area contributed by atoms with Gasteiger partial charge in [-0.15, -0.1) is 0 Å². The maximum Gasteiger partial charge on any atom is 0.241 e. The smallest absolute Gasteiger partial charge is 0.241 e. The summed E-state index contributed by atoms with van der Waals surface area (Å²) in [6.07, 6.45) is 0.565. The van der Waals surface area contributed by atoms with Gasteiger partial charge in [-0.1, -0.05) is 13.8 Å². The van der Waals surface area contributed by atoms with Gasteiger partial charge in [-0.25, -0.2) is 17.5 Å². The second kappa shape index (κ2) is 6.52. The van der Waals surface area contributed by atoms with Crippen LogP contribution >= 0.6 is 0 Å². The van der Waals surface area contributed by atoms with Gasteiger partial charge in [0.1, 0.15) is 11.9 Å². The van der Waals surface area contributed by atoms with E-state index in [0.29, 0.717) is 6.42 Å². The predicted molar refractivity (Wildman–Crippen MR) is 78.4 cm³/mol. The molecule has 0 fully saturated rings. The molecule has 5 nitrogen and oxygen atoms in total. The van der Waals surface area contributed by atoms with Crippen molar-refractivity contribution in [3.05, 3.63) is 29.6 Å². The Bertz CT molecular complexity index is 653. The summed E-state index contributed by atoms with van der Waals surface area (Å²) in [7, 11) is -3.87. The summed E-state index contributed by atoms with van der Waals surface area (Å²) < 4.78 is 40.6. The molecule has 0 amide bonds. The van der Waals surface area contributed by atoms with Crippen LogP contribution in [-0.4, -0.2) is 20.5 Å². The van der Waals surface area contributed by atoms with Crippen LogP contribution in [0.2, 0.25) is 0 Å². The molecule has 0 radical (unpaired) electrons. The molecule has 0 saturated heterocycles. The normalized spacial score (nSPS) is 14.7. The Morgan fingerprint density at radius 2 is 2.10 bits per heavy atom. The molecule has 21 heavy (non-hydrogen) atoms. The standard InChI is InChI=1S/C14H20FN3O2S/c1-10(2)7-14(3,9-17)18-21(19,20)12-4-5-13(15)11(6-12)8-16/h4-6,10,18H,7,9,17H2,1-3H3. The highest BCUT2D eigenvalue weighted by Gasteiger charge is 2.30. The molecule has 1 unspecified atom stereocenters. The summed E-state index contributed by atoms with van der Waals surface area (Å²) in [5.74, 6) is -0.496. The Labute approximate surface area is 125 Å². The summed E-state index contributed by atoms with van der Waals surface area (Å²) in [4.78, 5) is -0.149. The first-order valence-electron chi connectivity index (χ1n) is 6.57. The van der Waals surface area contributed by atoms with E-state index in [9.17, 15) is 12.8 Å². The Morgan fingerprint density at radius 1 is 1.48 bits per heavy atom. The third-order valence-corrected chi connectivity index (χ3v) is 4.69. The predicted octanol–water partition coefficient (Wildman–Crippen LogP) is 1.74. The van der Waals surface area contributed by atoms with Gasteiger partial charge in [0, 0.05) is 12.1 Å². The van der Waals surface area contributed by atoms with Gasteiger partial charge in [0.15, 0.2) is 0 Å². The molecule has 1 aromatic carbocycles. The number of hydrogen-bond acceptors (Lipinski definition) is 4. The molecular formula is C14H20FN3O2S. The quantitative estimate of drug-likeness (QED) is 0.836. The number of halogens is 1. The minimum Gasteiger partial charge on any atom is -0.329 e. The van der Waals surface area contributed by atoms with Crippen molar-refractivity contribution in [3.63, 3.8) is 0 Å². The van der Waals surface area contributed by atoms with Crippen LogP contribution in [0.25, 0.3) is 0 Å². The molecule has 0 aliphatic carbocycles. The molecule has 116 valence electrons. The second-order valence-electron chi connectivity index (χ2n) is 5.72. The summed E-state index contributed by atoms with van der Waals surface area (Å²) in [5.41, 5.74) is 4.57. The van der Waals surface area contributed by atoms with Crippen LogP contribution in [0, 0.1) is 23.1 Å². The second-order valence-corrected chi connectivity index (χ2v) is 7.40. The van der Waals surface area contributed by atoms with Gasteiger partial charge in [0.25, 0.3) is 0 Å². The van der Waals surface area contributed by atoms with E-state index in [-0.39, 0.29) is 22.9 Å². The fraction of sp³-hybridized carbons (Fsp3) is 0.500. The van der Waals surface area contributed by atoms with E-state index in [1.165, 1.54) is 0 Å². The molecule has 0 aromatic heterocycles. The maximum atomic E-state index is 13.3. The van der Waals surface area contributed by atoms with Gasteiger partial charge < -0.3 is 5.73 Å². The summed E-state index contributed by atoms with van der Waals surface area (Å²) >= 11 is 0. The number of rotatable bonds is 6. The molecule has 3 N–H and O–H groups in total. The lowest BCUT2D eigenvalue weighted by atomic mass is 9.92. The molecule has 0 bridgehead atoms. The van der Waals surface area contributed by atoms with Gasteiger partial charge in [-0.05, 0) is 37.5 Å². The highest BCUT2D eigenvalue weighted by atomic mass is 32.2. The summed E-state index contributed by atoms with van der Waals surface area (Å²) in [6, 6.07) is 4.74. The van der Waals surface area contributed by atoms with Gasteiger partial charge in [0.2, 0.25) is 10.0 Å². The molecule has 0 aliphatic rings. The number of nitrogens with zero attached hydrogens (tertiary/aromatic N) is 1. The van der Waals surface area contributed by atoms with Crippen LogP contribution in [0.15, 0.2) is 23.1 Å². The monoisotopic (exact) mass is 313 g/mol. The van der Waals surface area contributed by atoms with Crippen LogP contribution in [0.3, 0.4) is 0 Å². The molecule has 0 saturated carbocycles. The van der Waals surface area contributed by atoms with E-state index in [4.69, 9.17) is 11.0 Å². The number of nitrogens with one attached hydrogen (secondary N) is 1. The SMILES string of the molecule is CC(C)CC(C)(CN)NS(=O)(=O)c1ccc(F)c(C#N)c1. The summed E-state index contributed by atoms with van der Waals surface area (Å²) in [6.45, 7) is 5.79. The fourth-order valence-electron chi connectivity index (χ4n) is 2.21. The van der Waals surface area contributed by atoms with Gasteiger partial charge in [-0.3, -0.25) is 0 Å². The highest BCUT2D eigenvalue weighted by Crippen LogP contribution is 2.20. The number of nitriles is 1. The topological polar surface area (TPSA) is 96.0 Å². The zero-order valence-electron chi connectivity index (χ0n) is 12.4. The molecule has 0 heterocycles. The van der Waals surface area contributed by atoms with Crippen LogP contribution in [0.4, 0.5) is 4.39 Å². The van der Waals surface area contributed by atoms with Crippen molar-refractivity contribution in [1.29, 1.82) is 5.26 Å². The zero-order valence-corrected chi connectivity index (χ0v) is 13.2. The lowest BCUT2D eigenvalue weighted by Crippen LogP contribution is -2.52. The van der Waals surface area contributed by atoms with Crippen molar-refractivity contribution >= 4 is 10.0 Å². The van der Waals surface area contributed by atoms with Crippen molar-refractivity contribution in [2.24, 2.45) is 11.7 Å². The van der Waals surface area contributed by atoms with E-state index < -0.39 is 21.4 Å². The average Bonchev–Trinajstić information content (AvgIpc) is 2.37. The Balaban J connectivity index is 3.14. The van der Waals surface area contributed by atoms with E-state index >= 15 is 0 Å². The fourth-order valence-corrected chi connectivity index (χ4v) is 3.66. The third-order valence-electron chi connectivity index (χ3n) is 3.06. The van der Waals surface area contributed by atoms with Crippen LogP contribution in [0.1, 0.15) is 32.8 Å². The molecule has 1 aromatic rings. The maximum absolute atomic E-state index is 13.3. The van der Waals surface area contributed by atoms with Crippen molar-refractivity contribution in [2.75, 3.05) is 6.54 Å². The van der Waals surface area contributed by atoms with Crippen molar-refractivity contribution in [2.45, 2.75) is 37.6 Å². The average molecular weight is 313 g/mol.